The molecule has 134 heavy (non-hydrogen) atoms. The van der Waals surface area contributed by atoms with Crippen molar-refractivity contribution in [3.8, 4) is 44.5 Å². The van der Waals surface area contributed by atoms with Gasteiger partial charge in [0, 0.05) is 152 Å². The van der Waals surface area contributed by atoms with E-state index in [1.807, 2.05) is 113 Å². The van der Waals surface area contributed by atoms with E-state index in [0.29, 0.717) is 105 Å². The number of aromatic nitrogens is 23. The van der Waals surface area contributed by atoms with Crippen molar-refractivity contribution in [2.75, 3.05) is 39.3 Å². The highest BCUT2D eigenvalue weighted by Gasteiger charge is 2.37. The van der Waals surface area contributed by atoms with E-state index in [4.69, 9.17) is 25.8 Å². The topological polar surface area (TPSA) is 372 Å². The highest BCUT2D eigenvalue weighted by Crippen LogP contribution is 2.39. The molecule has 0 spiro atoms. The summed E-state index contributed by atoms with van der Waals surface area (Å²) in [6.07, 6.45) is 36.3. The number of carbonyl (C=O) groups is 3. The minimum absolute atomic E-state index is 0.0480. The summed E-state index contributed by atoms with van der Waals surface area (Å²) >= 11 is 6.10. The van der Waals surface area contributed by atoms with Gasteiger partial charge >= 0.3 is 44.4 Å². The van der Waals surface area contributed by atoms with Crippen molar-refractivity contribution in [2.24, 2.45) is 5.92 Å². The smallest absolute Gasteiger partial charge is 0.417 e. The SMILES string of the molecule is CC(C)(C)OC(=O)C1CCC(n2cc(-c3ccc4ncc(S(=O)(=O)n5ncc6ncc(-c7cnn(C8CCN(C(=O)OC(C)(C)C)CC8)c7)cc65)n4c3)cn2)CC1.CC(C)(C)OC(=O)N1CCC(n2cc(-c3cnc4cnn(S(=O)(=O)c5cnc6ccc(Cl)cn56)c4c3)cn2)CC1.CC(C)N1CCC(n2cc(-c3cnc4cnn(Cc5cnc6ccc(C(F)(F)F)cn56)c4c3)cn2)CC1. The van der Waals surface area contributed by atoms with Crippen LogP contribution < -0.4 is 0 Å². The molecule has 36 nitrogen and oxygen atoms in total. The van der Waals surface area contributed by atoms with E-state index < -0.39 is 48.6 Å². The minimum atomic E-state index is -4.43. The Labute approximate surface area is 773 Å². The maximum atomic E-state index is 14.3. The van der Waals surface area contributed by atoms with Crippen LogP contribution in [-0.2, 0) is 51.8 Å². The van der Waals surface area contributed by atoms with Gasteiger partial charge in [0.25, 0.3) is 0 Å². The number of amides is 2. The monoisotopic (exact) mass is 1890 g/mol. The van der Waals surface area contributed by atoms with E-state index in [0.717, 1.165) is 137 Å². The molecule has 3 saturated heterocycles. The number of alkyl halides is 3. The Kier molecular flexibility index (Phi) is 24.5. The fourth-order valence-electron chi connectivity index (χ4n) is 17.5. The second kappa shape index (κ2) is 35.9. The van der Waals surface area contributed by atoms with Crippen LogP contribution in [0.25, 0.3) is 94.5 Å². The van der Waals surface area contributed by atoms with E-state index in [9.17, 15) is 44.4 Å². The highest BCUT2D eigenvalue weighted by atomic mass is 35.5. The summed E-state index contributed by atoms with van der Waals surface area (Å²) in [7, 11) is -8.34. The predicted octanol–water partition coefficient (Wildman–Crippen LogP) is 16.1. The molecule has 4 aliphatic rings. The zero-order valence-corrected chi connectivity index (χ0v) is 78.2. The lowest BCUT2D eigenvalue weighted by Gasteiger charge is -2.34. The number of carbonyl (C=O) groups excluding carboxylic acids is 3. The van der Waals surface area contributed by atoms with Crippen LogP contribution in [0.5, 0.6) is 0 Å². The van der Waals surface area contributed by atoms with Crippen LogP contribution in [-0.4, -0.2) is 222 Å². The minimum Gasteiger partial charge on any atom is -0.460 e. The number of pyridine rings is 6. The van der Waals surface area contributed by atoms with Gasteiger partial charge in [-0.15, -0.1) is 0 Å². The van der Waals surface area contributed by atoms with Crippen LogP contribution in [0.2, 0.25) is 5.02 Å². The van der Waals surface area contributed by atoms with E-state index in [-0.39, 0.29) is 58.8 Å². The van der Waals surface area contributed by atoms with Crippen LogP contribution in [0.4, 0.5) is 22.8 Å². The number of hydrogen-bond donors (Lipinski definition) is 0. The number of ether oxygens (including phenoxy) is 3. The molecule has 16 aromatic heterocycles. The lowest BCUT2D eigenvalue weighted by atomic mass is 9.86. The molecule has 3 aliphatic heterocycles. The molecule has 0 radical (unpaired) electrons. The van der Waals surface area contributed by atoms with Crippen molar-refractivity contribution >= 4 is 99.8 Å². The zero-order valence-electron chi connectivity index (χ0n) is 75.8. The van der Waals surface area contributed by atoms with Crippen LogP contribution in [0.1, 0.15) is 176 Å². The third-order valence-electron chi connectivity index (χ3n) is 24.5. The first-order valence-corrected chi connectivity index (χ1v) is 47.8. The molecule has 20 rings (SSSR count). The largest absolute Gasteiger partial charge is 0.460 e. The third-order valence-corrected chi connectivity index (χ3v) is 27.9. The van der Waals surface area contributed by atoms with Crippen LogP contribution in [0.3, 0.4) is 0 Å². The standard InChI is InChI=1S/C40H48N10O6S.C26H27ClN8O4S.C26H27F3N8/c1-39(2,3)55-37(51)26-7-10-31(11-8-26)48-24-29(19-43-48)27-9-12-35-42-22-36(47(35)23-27)57(53,54)50-34-17-28(18-41-33(34)21-45-50)30-20-44-49(25-30)32-13-15-46(16-14-32)38(52)56-40(4,5)6;1-26(2,3)39-25(36)32-8-6-20(7-9-32)34-15-18(12-30-34)17-10-22-21(28-11-17)13-31-35(22)40(37,38)24-14-29-23-5-4-19(27)16-33(23)24;1-17(2)34-7-5-21(6-8-34)36-14-19(11-32-36)18-9-24-23(30-10-18)13-33-37(24)16-22-12-31-25-4-3-20(15-35(22)25)26(27,28)29/h9,12,17-26,31-32H,7-8,10-11,13-16H2,1-6H3;4-5,10-16,20H,6-9H2,1-3H3;3-4,9-15,17,21H,5-8,16H2,1-2H3. The molecule has 0 atom stereocenters. The third kappa shape index (κ3) is 19.3. The second-order valence-electron chi connectivity index (χ2n) is 37.6. The molecule has 4 fully saturated rings. The van der Waals surface area contributed by atoms with E-state index in [2.05, 4.69) is 95.2 Å². The van der Waals surface area contributed by atoms with Gasteiger partial charge in [-0.05, 0) is 195 Å². The molecule has 19 heterocycles. The van der Waals surface area contributed by atoms with Crippen molar-refractivity contribution in [2.45, 2.75) is 210 Å². The van der Waals surface area contributed by atoms with E-state index in [1.54, 1.807) is 105 Å². The van der Waals surface area contributed by atoms with Crippen molar-refractivity contribution < 1.29 is 58.6 Å². The number of imidazole rings is 3. The molecule has 0 aromatic carbocycles. The Balaban J connectivity index is 0.000000139. The summed E-state index contributed by atoms with van der Waals surface area (Å²) in [5, 5.41) is 31.6. The number of halogens is 4. The molecule has 2 amide bonds. The second-order valence-corrected chi connectivity index (χ2v) is 41.5. The van der Waals surface area contributed by atoms with Gasteiger partial charge in [0.05, 0.1) is 120 Å². The molecule has 0 N–H and O–H groups in total. The zero-order chi connectivity index (χ0) is 94.2. The first-order valence-electron chi connectivity index (χ1n) is 44.5. The van der Waals surface area contributed by atoms with Gasteiger partial charge in [-0.25, -0.2) is 24.5 Å². The predicted molar refractivity (Wildman–Crippen MR) is 491 cm³/mol. The molecule has 700 valence electrons. The van der Waals surface area contributed by atoms with Crippen molar-refractivity contribution in [3.63, 3.8) is 0 Å². The highest BCUT2D eigenvalue weighted by molar-refractivity contribution is 7.90. The van der Waals surface area contributed by atoms with Gasteiger partial charge in [-0.1, -0.05) is 11.6 Å². The average Bonchev–Trinajstić information content (AvgIpc) is 1.59. The summed E-state index contributed by atoms with van der Waals surface area (Å²) in [4.78, 5) is 69.9. The molecule has 16 aromatic rings. The summed E-state index contributed by atoms with van der Waals surface area (Å²) in [6.45, 7) is 25.9. The van der Waals surface area contributed by atoms with E-state index in [1.165, 1.54) is 45.9 Å². The number of esters is 1. The maximum absolute atomic E-state index is 14.3. The molecule has 1 saturated carbocycles. The van der Waals surface area contributed by atoms with Crippen molar-refractivity contribution in [3.05, 3.63) is 195 Å². The molecular weight excluding hydrogens is 1790 g/mol. The first kappa shape index (κ1) is 91.2. The molecule has 42 heteroatoms. The summed E-state index contributed by atoms with van der Waals surface area (Å²) in [5.74, 6) is -0.249. The fraction of sp³-hybridized carbons (Fsp3) is 0.413. The van der Waals surface area contributed by atoms with Crippen LogP contribution in [0, 0.1) is 5.92 Å². The van der Waals surface area contributed by atoms with Crippen LogP contribution in [0.15, 0.2) is 189 Å². The van der Waals surface area contributed by atoms with Gasteiger partial charge < -0.3 is 33.3 Å². The molecule has 0 bridgehead atoms. The normalized spacial score (nSPS) is 16.9. The molecule has 1 aliphatic carbocycles. The number of piperidine rings is 3. The summed E-state index contributed by atoms with van der Waals surface area (Å²) in [5.41, 5.74) is 9.08. The van der Waals surface area contributed by atoms with Gasteiger partial charge in [-0.3, -0.25) is 52.0 Å². The number of hydrogen-bond acceptors (Lipinski definition) is 24. The average molecular weight is 1890 g/mol. The Morgan fingerprint density at radius 2 is 0.799 bits per heavy atom. The molecule has 0 unspecified atom stereocenters. The fourth-order valence-corrected chi connectivity index (χ4v) is 20.3. The summed E-state index contributed by atoms with van der Waals surface area (Å²) < 4.78 is 128. The maximum Gasteiger partial charge on any atom is 0.417 e. The number of fused-ring (bicyclic) bond motifs is 6. The Morgan fingerprint density at radius 3 is 1.25 bits per heavy atom. The number of likely N-dealkylation sites (tertiary alicyclic amines) is 3. The Hall–Kier alpha value is -13.3. The Bertz CT molecular complexity index is 7140. The van der Waals surface area contributed by atoms with E-state index >= 15 is 0 Å². The summed E-state index contributed by atoms with van der Waals surface area (Å²) in [6, 6.07) is 16.2. The van der Waals surface area contributed by atoms with Gasteiger partial charge in [0.15, 0.2) is 10.1 Å². The quantitative estimate of drug-likeness (QED) is 0.0640. The molecular formula is C92H102ClF3N26O10S2. The van der Waals surface area contributed by atoms with Crippen LogP contribution >= 0.6 is 11.6 Å². The van der Waals surface area contributed by atoms with Gasteiger partial charge in [0.1, 0.15) is 61.3 Å². The lowest BCUT2D eigenvalue weighted by Crippen LogP contribution is -2.42. The van der Waals surface area contributed by atoms with Crippen molar-refractivity contribution in [1.29, 1.82) is 0 Å². The Morgan fingerprint density at radius 1 is 0.403 bits per heavy atom. The number of rotatable bonds is 16. The van der Waals surface area contributed by atoms with Gasteiger partial charge in [-0.2, -0.15) is 73.9 Å². The number of nitrogens with zero attached hydrogens (tertiary/aromatic N) is 26. The first-order chi connectivity index (χ1) is 63.8. The van der Waals surface area contributed by atoms with Gasteiger partial charge in [0.2, 0.25) is 0 Å². The van der Waals surface area contributed by atoms with Crippen molar-refractivity contribution in [1.82, 2.24) is 125 Å². The lowest BCUT2D eigenvalue weighted by molar-refractivity contribution is -0.161.